The summed E-state index contributed by atoms with van der Waals surface area (Å²) in [6.07, 6.45) is 3.41. The summed E-state index contributed by atoms with van der Waals surface area (Å²) in [5.41, 5.74) is 2.84. The number of carbonyl (C=O) groups is 1. The molecule has 0 bridgehead atoms. The number of amides is 2. The molecule has 1 aromatic heterocycles. The number of carbonyl (C=O) groups excluding carboxylic acids is 1. The number of hydrogen-bond acceptors (Lipinski definition) is 3. The highest BCUT2D eigenvalue weighted by atomic mass is 16.2. The fraction of sp³-hybridized carbons (Fsp3) is 0.111. The minimum absolute atomic E-state index is 0.229. The van der Waals surface area contributed by atoms with E-state index < -0.39 is 0 Å². The van der Waals surface area contributed by atoms with Gasteiger partial charge in [0.2, 0.25) is 0 Å². The zero-order chi connectivity index (χ0) is 16.1. The summed E-state index contributed by atoms with van der Waals surface area (Å²) in [5.74, 6) is 0. The molecule has 3 aromatic rings. The van der Waals surface area contributed by atoms with Crippen LogP contribution < -0.4 is 16.0 Å². The smallest absolute Gasteiger partial charge is 0.319 e. The third kappa shape index (κ3) is 3.77. The second kappa shape index (κ2) is 6.79. The average Bonchev–Trinajstić information content (AvgIpc) is 2.60. The lowest BCUT2D eigenvalue weighted by molar-refractivity contribution is 0.251. The first kappa shape index (κ1) is 14.8. The predicted octanol–water partition coefficient (Wildman–Crippen LogP) is 3.60. The van der Waals surface area contributed by atoms with E-state index in [0.29, 0.717) is 6.54 Å². The Morgan fingerprint density at radius 1 is 0.957 bits per heavy atom. The van der Waals surface area contributed by atoms with Crippen LogP contribution in [-0.4, -0.2) is 18.1 Å². The van der Waals surface area contributed by atoms with Crippen molar-refractivity contribution in [1.82, 2.24) is 10.3 Å². The van der Waals surface area contributed by atoms with Gasteiger partial charge >= 0.3 is 6.03 Å². The molecule has 1 heterocycles. The van der Waals surface area contributed by atoms with Crippen molar-refractivity contribution in [2.45, 2.75) is 6.54 Å². The lowest BCUT2D eigenvalue weighted by Gasteiger charge is -2.09. The van der Waals surface area contributed by atoms with Crippen LogP contribution in [0.3, 0.4) is 0 Å². The Bertz CT molecular complexity index is 818. The maximum atomic E-state index is 12.0. The summed E-state index contributed by atoms with van der Waals surface area (Å²) in [4.78, 5) is 15.9. The number of nitrogens with one attached hydrogen (secondary N) is 3. The molecule has 0 aliphatic rings. The highest BCUT2D eigenvalue weighted by molar-refractivity contribution is 5.94. The summed E-state index contributed by atoms with van der Waals surface area (Å²) in [6, 6.07) is 15.5. The largest absolute Gasteiger partial charge is 0.388 e. The minimum Gasteiger partial charge on any atom is -0.388 e. The minimum atomic E-state index is -0.229. The number of hydrogen-bond donors (Lipinski definition) is 3. The third-order valence-corrected chi connectivity index (χ3v) is 3.59. The fourth-order valence-corrected chi connectivity index (χ4v) is 2.34. The molecule has 0 radical (unpaired) electrons. The van der Waals surface area contributed by atoms with Gasteiger partial charge in [0.25, 0.3) is 0 Å². The van der Waals surface area contributed by atoms with Crippen molar-refractivity contribution in [2.24, 2.45) is 0 Å². The number of benzene rings is 2. The molecule has 0 saturated carbocycles. The average molecular weight is 306 g/mol. The van der Waals surface area contributed by atoms with Crippen LogP contribution in [0.4, 0.5) is 16.2 Å². The third-order valence-electron chi connectivity index (χ3n) is 3.59. The molecule has 0 fully saturated rings. The van der Waals surface area contributed by atoms with Crippen molar-refractivity contribution in [3.8, 4) is 0 Å². The van der Waals surface area contributed by atoms with E-state index in [1.54, 1.807) is 12.4 Å². The van der Waals surface area contributed by atoms with Gasteiger partial charge in [-0.3, -0.25) is 4.98 Å². The number of fused-ring (bicyclic) bond motifs is 1. The van der Waals surface area contributed by atoms with Crippen LogP contribution in [0.25, 0.3) is 10.8 Å². The highest BCUT2D eigenvalue weighted by Gasteiger charge is 2.03. The molecule has 5 nitrogen and oxygen atoms in total. The number of pyridine rings is 1. The van der Waals surface area contributed by atoms with Crippen LogP contribution in [0.2, 0.25) is 0 Å². The van der Waals surface area contributed by atoms with Crippen LogP contribution in [0.5, 0.6) is 0 Å². The van der Waals surface area contributed by atoms with Gasteiger partial charge in [-0.05, 0) is 52.7 Å². The summed E-state index contributed by atoms with van der Waals surface area (Å²) in [7, 11) is 1.89. The molecule has 0 saturated heterocycles. The van der Waals surface area contributed by atoms with Crippen molar-refractivity contribution >= 4 is 28.2 Å². The molecular formula is C18H18N4O. The molecular weight excluding hydrogens is 288 g/mol. The monoisotopic (exact) mass is 306 g/mol. The molecule has 2 amide bonds. The number of aromatic nitrogens is 1. The molecule has 2 aromatic carbocycles. The topological polar surface area (TPSA) is 66.0 Å². The van der Waals surface area contributed by atoms with Gasteiger partial charge in [0.15, 0.2) is 0 Å². The quantitative estimate of drug-likeness (QED) is 0.690. The van der Waals surface area contributed by atoms with Gasteiger partial charge in [0, 0.05) is 37.4 Å². The fourth-order valence-electron chi connectivity index (χ4n) is 2.34. The first-order chi connectivity index (χ1) is 11.2. The number of anilines is 2. The molecule has 0 atom stereocenters. The lowest BCUT2D eigenvalue weighted by Crippen LogP contribution is -2.28. The summed E-state index contributed by atoms with van der Waals surface area (Å²) in [5, 5.41) is 11.0. The molecule has 3 rings (SSSR count). The molecule has 3 N–H and O–H groups in total. The number of urea groups is 1. The lowest BCUT2D eigenvalue weighted by atomic mass is 10.1. The van der Waals surface area contributed by atoms with Gasteiger partial charge in [0.1, 0.15) is 0 Å². The first-order valence-electron chi connectivity index (χ1n) is 7.40. The van der Waals surface area contributed by atoms with E-state index in [9.17, 15) is 4.79 Å². The Hall–Kier alpha value is -3.08. The standard InChI is InChI=1S/C18H18N4O/c1-19-16-4-2-15-11-17(5-3-14(15)10-16)22-18(23)21-12-13-6-8-20-9-7-13/h2-11,19H,12H2,1H3,(H2,21,22,23). The van der Waals surface area contributed by atoms with Crippen molar-refractivity contribution in [1.29, 1.82) is 0 Å². The van der Waals surface area contributed by atoms with Gasteiger partial charge in [-0.2, -0.15) is 0 Å². The van der Waals surface area contributed by atoms with Crippen molar-refractivity contribution in [2.75, 3.05) is 17.7 Å². The van der Waals surface area contributed by atoms with Crippen LogP contribution in [0, 0.1) is 0 Å². The van der Waals surface area contributed by atoms with Crippen LogP contribution in [-0.2, 0) is 6.54 Å². The maximum Gasteiger partial charge on any atom is 0.319 e. The van der Waals surface area contributed by atoms with Crippen molar-refractivity contribution in [3.05, 3.63) is 66.5 Å². The molecule has 5 heteroatoms. The Balaban J connectivity index is 1.65. The second-order valence-electron chi connectivity index (χ2n) is 5.19. The van der Waals surface area contributed by atoms with Crippen molar-refractivity contribution in [3.63, 3.8) is 0 Å². The zero-order valence-electron chi connectivity index (χ0n) is 12.8. The van der Waals surface area contributed by atoms with Gasteiger partial charge in [0.05, 0.1) is 0 Å². The zero-order valence-corrected chi connectivity index (χ0v) is 12.8. The highest BCUT2D eigenvalue weighted by Crippen LogP contribution is 2.22. The number of nitrogens with zero attached hydrogens (tertiary/aromatic N) is 1. The molecule has 23 heavy (non-hydrogen) atoms. The van der Waals surface area contributed by atoms with Gasteiger partial charge in [-0.1, -0.05) is 12.1 Å². The molecule has 0 unspecified atom stereocenters. The van der Waals surface area contributed by atoms with E-state index in [2.05, 4.69) is 27.0 Å². The van der Waals surface area contributed by atoms with E-state index in [0.717, 1.165) is 27.7 Å². The summed E-state index contributed by atoms with van der Waals surface area (Å²) in [6.45, 7) is 0.466. The molecule has 116 valence electrons. The predicted molar refractivity (Wildman–Crippen MR) is 93.6 cm³/mol. The normalized spacial score (nSPS) is 10.3. The first-order valence-corrected chi connectivity index (χ1v) is 7.40. The van der Waals surface area contributed by atoms with Crippen LogP contribution in [0.1, 0.15) is 5.56 Å². The summed E-state index contributed by atoms with van der Waals surface area (Å²) < 4.78 is 0. The van der Waals surface area contributed by atoms with E-state index in [4.69, 9.17) is 0 Å². The van der Waals surface area contributed by atoms with E-state index in [-0.39, 0.29) is 6.03 Å². The van der Waals surface area contributed by atoms with Gasteiger partial charge in [-0.15, -0.1) is 0 Å². The van der Waals surface area contributed by atoms with Gasteiger partial charge in [-0.25, -0.2) is 4.79 Å². The van der Waals surface area contributed by atoms with E-state index >= 15 is 0 Å². The van der Waals surface area contributed by atoms with Gasteiger partial charge < -0.3 is 16.0 Å². The van der Waals surface area contributed by atoms with Crippen LogP contribution >= 0.6 is 0 Å². The van der Waals surface area contributed by atoms with E-state index in [1.807, 2.05) is 49.5 Å². The SMILES string of the molecule is CNc1ccc2cc(NC(=O)NCc3ccncc3)ccc2c1. The Labute approximate surface area is 134 Å². The van der Waals surface area contributed by atoms with E-state index in [1.165, 1.54) is 0 Å². The Morgan fingerprint density at radius 2 is 1.61 bits per heavy atom. The van der Waals surface area contributed by atoms with Crippen LogP contribution in [0.15, 0.2) is 60.9 Å². The Morgan fingerprint density at radius 3 is 2.30 bits per heavy atom. The molecule has 0 spiro atoms. The Kier molecular flexibility index (Phi) is 4.38. The number of rotatable bonds is 4. The maximum absolute atomic E-state index is 12.0. The summed E-state index contributed by atoms with van der Waals surface area (Å²) >= 11 is 0. The molecule has 0 aliphatic carbocycles. The molecule has 0 aliphatic heterocycles. The second-order valence-corrected chi connectivity index (χ2v) is 5.19. The van der Waals surface area contributed by atoms with Crippen molar-refractivity contribution < 1.29 is 4.79 Å².